The van der Waals surface area contributed by atoms with Crippen LogP contribution in [-0.4, -0.2) is 61.9 Å². The average Bonchev–Trinajstić information content (AvgIpc) is 3.14. The quantitative estimate of drug-likeness (QED) is 0.632. The van der Waals surface area contributed by atoms with Crippen molar-refractivity contribution in [3.63, 3.8) is 0 Å². The zero-order chi connectivity index (χ0) is 18.2. The monoisotopic (exact) mass is 362 g/mol. The summed E-state index contributed by atoms with van der Waals surface area (Å²) in [6, 6.07) is 5.94. The van der Waals surface area contributed by atoms with Gasteiger partial charge in [0.25, 0.3) is 0 Å². The Morgan fingerprint density at radius 2 is 1.96 bits per heavy atom. The molecular weight excluding hydrogens is 332 g/mol. The Labute approximate surface area is 156 Å². The molecule has 1 aromatic carbocycles. The van der Waals surface area contributed by atoms with Gasteiger partial charge in [-0.05, 0) is 24.1 Å². The molecule has 0 spiro atoms. The van der Waals surface area contributed by atoms with Crippen molar-refractivity contribution >= 4 is 5.91 Å². The number of hydrogen-bond acceptors (Lipinski definition) is 5. The molecule has 0 aromatic heterocycles. The van der Waals surface area contributed by atoms with Crippen LogP contribution >= 0.6 is 0 Å². The lowest BCUT2D eigenvalue weighted by atomic mass is 10.1. The molecule has 1 aromatic rings. The summed E-state index contributed by atoms with van der Waals surface area (Å²) in [5, 5.41) is 0. The standard InChI is InChI=1S/C20H30N2O4/c1-2-3-4-5-20(23)22(9-8-21-10-12-24-13-11-21)15-17-6-7-18-19(14-17)26-16-25-18/h6-7,14H,2-5,8-13,15-16H2,1H3. The van der Waals surface area contributed by atoms with E-state index in [1.54, 1.807) is 0 Å². The third-order valence-corrected chi connectivity index (χ3v) is 4.95. The van der Waals surface area contributed by atoms with Crippen LogP contribution in [0.25, 0.3) is 0 Å². The summed E-state index contributed by atoms with van der Waals surface area (Å²) in [6.45, 7) is 8.16. The second-order valence-electron chi connectivity index (χ2n) is 6.91. The Morgan fingerprint density at radius 3 is 2.77 bits per heavy atom. The number of carbonyl (C=O) groups excluding carboxylic acids is 1. The second-order valence-corrected chi connectivity index (χ2v) is 6.91. The minimum atomic E-state index is 0.240. The molecule has 0 bridgehead atoms. The van der Waals surface area contributed by atoms with Crippen molar-refractivity contribution in [1.29, 1.82) is 0 Å². The molecule has 0 atom stereocenters. The first kappa shape index (κ1) is 19.0. The molecule has 6 nitrogen and oxygen atoms in total. The molecule has 3 rings (SSSR count). The molecular formula is C20H30N2O4. The van der Waals surface area contributed by atoms with Crippen LogP contribution in [0.1, 0.15) is 38.2 Å². The fraction of sp³-hybridized carbons (Fsp3) is 0.650. The van der Waals surface area contributed by atoms with E-state index in [0.717, 1.165) is 75.7 Å². The van der Waals surface area contributed by atoms with Crippen LogP contribution < -0.4 is 9.47 Å². The minimum Gasteiger partial charge on any atom is -0.454 e. The largest absolute Gasteiger partial charge is 0.454 e. The predicted octanol–water partition coefficient (Wildman–Crippen LogP) is 2.66. The summed E-state index contributed by atoms with van der Waals surface area (Å²) < 4.78 is 16.3. The van der Waals surface area contributed by atoms with E-state index in [0.29, 0.717) is 13.0 Å². The normalized spacial score (nSPS) is 16.7. The van der Waals surface area contributed by atoms with Crippen LogP contribution in [0.4, 0.5) is 0 Å². The highest BCUT2D eigenvalue weighted by molar-refractivity contribution is 5.76. The fourth-order valence-corrected chi connectivity index (χ4v) is 3.32. The SMILES string of the molecule is CCCCCC(=O)N(CCN1CCOCC1)Cc1ccc2c(c1)OCO2. The maximum Gasteiger partial charge on any atom is 0.231 e. The van der Waals surface area contributed by atoms with Crippen molar-refractivity contribution in [2.24, 2.45) is 0 Å². The van der Waals surface area contributed by atoms with Gasteiger partial charge in [-0.25, -0.2) is 0 Å². The van der Waals surface area contributed by atoms with Crippen LogP contribution in [0.3, 0.4) is 0 Å². The van der Waals surface area contributed by atoms with E-state index in [-0.39, 0.29) is 12.7 Å². The Hall–Kier alpha value is -1.79. The number of ether oxygens (including phenoxy) is 3. The van der Waals surface area contributed by atoms with E-state index in [4.69, 9.17) is 14.2 Å². The summed E-state index contributed by atoms with van der Waals surface area (Å²) in [5.41, 5.74) is 1.08. The lowest BCUT2D eigenvalue weighted by Crippen LogP contribution is -2.42. The van der Waals surface area contributed by atoms with Crippen molar-refractivity contribution in [3.05, 3.63) is 23.8 Å². The smallest absolute Gasteiger partial charge is 0.231 e. The van der Waals surface area contributed by atoms with Crippen LogP contribution in [0.15, 0.2) is 18.2 Å². The molecule has 144 valence electrons. The third kappa shape index (κ3) is 5.35. The third-order valence-electron chi connectivity index (χ3n) is 4.95. The van der Waals surface area contributed by atoms with Gasteiger partial charge in [0.2, 0.25) is 12.7 Å². The zero-order valence-corrected chi connectivity index (χ0v) is 15.7. The van der Waals surface area contributed by atoms with Crippen molar-refractivity contribution < 1.29 is 19.0 Å². The number of nitrogens with zero attached hydrogens (tertiary/aromatic N) is 2. The lowest BCUT2D eigenvalue weighted by molar-refractivity contribution is -0.132. The maximum absolute atomic E-state index is 12.8. The van der Waals surface area contributed by atoms with Crippen molar-refractivity contribution in [3.8, 4) is 11.5 Å². The molecule has 2 aliphatic rings. The van der Waals surface area contributed by atoms with Crippen molar-refractivity contribution in [2.75, 3.05) is 46.2 Å². The predicted molar refractivity (Wildman–Crippen MR) is 99.4 cm³/mol. The molecule has 1 amide bonds. The lowest BCUT2D eigenvalue weighted by Gasteiger charge is -2.30. The Kier molecular flexibility index (Phi) is 7.14. The topological polar surface area (TPSA) is 51.2 Å². The number of benzene rings is 1. The van der Waals surface area contributed by atoms with Crippen LogP contribution in [0.5, 0.6) is 11.5 Å². The first-order valence-corrected chi connectivity index (χ1v) is 9.72. The Balaban J connectivity index is 1.60. The van der Waals surface area contributed by atoms with Gasteiger partial charge in [0.1, 0.15) is 0 Å². The van der Waals surface area contributed by atoms with Gasteiger partial charge < -0.3 is 19.1 Å². The minimum absolute atomic E-state index is 0.240. The van der Waals surface area contributed by atoms with Gasteiger partial charge in [-0.1, -0.05) is 25.8 Å². The average molecular weight is 362 g/mol. The van der Waals surface area contributed by atoms with Gasteiger partial charge in [-0.15, -0.1) is 0 Å². The van der Waals surface area contributed by atoms with Gasteiger partial charge in [-0.2, -0.15) is 0 Å². The fourth-order valence-electron chi connectivity index (χ4n) is 3.32. The zero-order valence-electron chi connectivity index (χ0n) is 15.7. The van der Waals surface area contributed by atoms with E-state index < -0.39 is 0 Å². The number of morpholine rings is 1. The molecule has 0 aliphatic carbocycles. The molecule has 26 heavy (non-hydrogen) atoms. The number of fused-ring (bicyclic) bond motifs is 1. The summed E-state index contributed by atoms with van der Waals surface area (Å²) in [7, 11) is 0. The summed E-state index contributed by atoms with van der Waals surface area (Å²) in [4.78, 5) is 17.1. The number of amides is 1. The first-order valence-electron chi connectivity index (χ1n) is 9.72. The molecule has 2 aliphatic heterocycles. The molecule has 0 radical (unpaired) electrons. The molecule has 0 saturated carbocycles. The highest BCUT2D eigenvalue weighted by Gasteiger charge is 2.19. The van der Waals surface area contributed by atoms with Gasteiger partial charge in [0.15, 0.2) is 11.5 Å². The summed E-state index contributed by atoms with van der Waals surface area (Å²) >= 11 is 0. The number of unbranched alkanes of at least 4 members (excludes halogenated alkanes) is 2. The number of rotatable bonds is 9. The van der Waals surface area contributed by atoms with Gasteiger partial charge in [0.05, 0.1) is 13.2 Å². The molecule has 0 unspecified atom stereocenters. The number of carbonyl (C=O) groups is 1. The van der Waals surface area contributed by atoms with Gasteiger partial charge in [-0.3, -0.25) is 9.69 Å². The molecule has 0 N–H and O–H groups in total. The first-order chi connectivity index (χ1) is 12.8. The summed E-state index contributed by atoms with van der Waals surface area (Å²) in [6.07, 6.45) is 3.82. The van der Waals surface area contributed by atoms with Crippen molar-refractivity contribution in [2.45, 2.75) is 39.2 Å². The number of hydrogen-bond donors (Lipinski definition) is 0. The van der Waals surface area contributed by atoms with Crippen LogP contribution in [-0.2, 0) is 16.1 Å². The highest BCUT2D eigenvalue weighted by atomic mass is 16.7. The molecule has 1 saturated heterocycles. The molecule has 6 heteroatoms. The Bertz CT molecular complexity index is 587. The van der Waals surface area contributed by atoms with Gasteiger partial charge in [0, 0.05) is 39.1 Å². The van der Waals surface area contributed by atoms with E-state index in [9.17, 15) is 4.79 Å². The highest BCUT2D eigenvalue weighted by Crippen LogP contribution is 2.32. The van der Waals surface area contributed by atoms with E-state index in [1.807, 2.05) is 23.1 Å². The van der Waals surface area contributed by atoms with E-state index in [2.05, 4.69) is 11.8 Å². The second kappa shape index (κ2) is 9.78. The molecule has 2 heterocycles. The van der Waals surface area contributed by atoms with Crippen LogP contribution in [0.2, 0.25) is 0 Å². The maximum atomic E-state index is 12.8. The Morgan fingerprint density at radius 1 is 1.15 bits per heavy atom. The molecule has 1 fully saturated rings. The van der Waals surface area contributed by atoms with E-state index >= 15 is 0 Å². The van der Waals surface area contributed by atoms with Gasteiger partial charge >= 0.3 is 0 Å². The van der Waals surface area contributed by atoms with E-state index in [1.165, 1.54) is 0 Å². The van der Waals surface area contributed by atoms with Crippen LogP contribution in [0, 0.1) is 0 Å². The summed E-state index contributed by atoms with van der Waals surface area (Å²) in [5.74, 6) is 1.79. The van der Waals surface area contributed by atoms with Crippen molar-refractivity contribution in [1.82, 2.24) is 9.80 Å².